The van der Waals surface area contributed by atoms with Gasteiger partial charge in [-0.05, 0) is 49.8 Å². The molecule has 27 heavy (non-hydrogen) atoms. The van der Waals surface area contributed by atoms with Crippen LogP contribution in [0.4, 0.5) is 0 Å². The number of nitrogens with zero attached hydrogens (tertiary/aromatic N) is 1. The van der Waals surface area contributed by atoms with Gasteiger partial charge in [0.05, 0.1) is 18.5 Å². The summed E-state index contributed by atoms with van der Waals surface area (Å²) >= 11 is 0. The maximum absolute atomic E-state index is 5.79. The van der Waals surface area contributed by atoms with Crippen LogP contribution < -0.4 is 4.74 Å². The number of benzene rings is 1. The highest BCUT2D eigenvalue weighted by molar-refractivity contribution is 5.59. The van der Waals surface area contributed by atoms with Gasteiger partial charge < -0.3 is 9.47 Å². The molecule has 1 heterocycles. The minimum Gasteiger partial charge on any atom is -0.492 e. The lowest BCUT2D eigenvalue weighted by atomic mass is 10.0. The lowest BCUT2D eigenvalue weighted by molar-refractivity contribution is 0.191. The predicted octanol–water partition coefficient (Wildman–Crippen LogP) is 6.46. The molecule has 0 amide bonds. The number of methoxy groups -OCH3 is 1. The predicted molar refractivity (Wildman–Crippen MR) is 113 cm³/mol. The fraction of sp³-hybridized carbons (Fsp3) is 0.542. The Morgan fingerprint density at radius 3 is 2.19 bits per heavy atom. The molecule has 0 saturated heterocycles. The first-order valence-electron chi connectivity index (χ1n) is 10.5. The Morgan fingerprint density at radius 2 is 1.52 bits per heavy atom. The van der Waals surface area contributed by atoms with Crippen LogP contribution in [-0.2, 0) is 11.2 Å². The zero-order valence-corrected chi connectivity index (χ0v) is 17.1. The number of pyridine rings is 1. The van der Waals surface area contributed by atoms with Gasteiger partial charge in [-0.1, -0.05) is 56.9 Å². The van der Waals surface area contributed by atoms with E-state index in [0.717, 1.165) is 43.1 Å². The van der Waals surface area contributed by atoms with Gasteiger partial charge in [0.1, 0.15) is 5.75 Å². The van der Waals surface area contributed by atoms with E-state index >= 15 is 0 Å². The molecule has 0 aliphatic heterocycles. The SMILES string of the molecule is CCCCCCc1ccc(-c2ccc(OCCCCCCOC)cn2)cc1. The highest BCUT2D eigenvalue weighted by Crippen LogP contribution is 2.21. The van der Waals surface area contributed by atoms with Gasteiger partial charge in [0, 0.05) is 19.3 Å². The summed E-state index contributed by atoms with van der Waals surface area (Å²) in [6.07, 6.45) is 12.8. The quantitative estimate of drug-likeness (QED) is 0.358. The molecule has 2 rings (SSSR count). The third-order valence-electron chi connectivity index (χ3n) is 4.82. The van der Waals surface area contributed by atoms with Crippen LogP contribution in [0.25, 0.3) is 11.3 Å². The van der Waals surface area contributed by atoms with Gasteiger partial charge in [0.2, 0.25) is 0 Å². The fourth-order valence-electron chi connectivity index (χ4n) is 3.13. The van der Waals surface area contributed by atoms with Gasteiger partial charge in [-0.3, -0.25) is 4.98 Å². The van der Waals surface area contributed by atoms with E-state index in [1.807, 2.05) is 18.3 Å². The van der Waals surface area contributed by atoms with Crippen molar-refractivity contribution in [3.63, 3.8) is 0 Å². The van der Waals surface area contributed by atoms with Crippen molar-refractivity contribution in [1.29, 1.82) is 0 Å². The lowest BCUT2D eigenvalue weighted by Crippen LogP contribution is -1.98. The second-order valence-electron chi connectivity index (χ2n) is 7.14. The first-order valence-corrected chi connectivity index (χ1v) is 10.5. The Kier molecular flexibility index (Phi) is 10.6. The Morgan fingerprint density at radius 1 is 0.778 bits per heavy atom. The molecule has 0 unspecified atom stereocenters. The van der Waals surface area contributed by atoms with Crippen molar-refractivity contribution in [1.82, 2.24) is 4.98 Å². The molecule has 0 fully saturated rings. The summed E-state index contributed by atoms with van der Waals surface area (Å²) in [6.45, 7) is 3.86. The fourth-order valence-corrected chi connectivity index (χ4v) is 3.13. The van der Waals surface area contributed by atoms with E-state index in [1.54, 1.807) is 7.11 Å². The molecule has 1 aromatic heterocycles. The van der Waals surface area contributed by atoms with Crippen molar-refractivity contribution >= 4 is 0 Å². The van der Waals surface area contributed by atoms with Gasteiger partial charge >= 0.3 is 0 Å². The molecule has 0 aliphatic carbocycles. The van der Waals surface area contributed by atoms with E-state index in [2.05, 4.69) is 36.2 Å². The van der Waals surface area contributed by atoms with Crippen molar-refractivity contribution < 1.29 is 9.47 Å². The Labute approximate surface area is 165 Å². The molecule has 0 bridgehead atoms. The van der Waals surface area contributed by atoms with Crippen LogP contribution in [0, 0.1) is 0 Å². The molecule has 0 aliphatic rings. The van der Waals surface area contributed by atoms with Crippen molar-refractivity contribution in [2.75, 3.05) is 20.3 Å². The number of unbranched alkanes of at least 4 members (excludes halogenated alkanes) is 6. The zero-order valence-electron chi connectivity index (χ0n) is 17.1. The Balaban J connectivity index is 1.72. The van der Waals surface area contributed by atoms with E-state index in [4.69, 9.17) is 9.47 Å². The highest BCUT2D eigenvalue weighted by Gasteiger charge is 2.02. The Hall–Kier alpha value is -1.87. The average molecular weight is 370 g/mol. The van der Waals surface area contributed by atoms with Gasteiger partial charge in [-0.2, -0.15) is 0 Å². The number of ether oxygens (including phenoxy) is 2. The van der Waals surface area contributed by atoms with E-state index in [9.17, 15) is 0 Å². The second-order valence-corrected chi connectivity index (χ2v) is 7.14. The number of aromatic nitrogens is 1. The number of hydrogen-bond donors (Lipinski definition) is 0. The molecule has 0 N–H and O–H groups in total. The summed E-state index contributed by atoms with van der Waals surface area (Å²) in [6, 6.07) is 12.9. The zero-order chi connectivity index (χ0) is 19.2. The molecular formula is C24H35NO2. The number of rotatable bonds is 14. The maximum Gasteiger partial charge on any atom is 0.137 e. The topological polar surface area (TPSA) is 31.4 Å². The van der Waals surface area contributed by atoms with Crippen molar-refractivity contribution in [2.45, 2.75) is 64.7 Å². The first-order chi connectivity index (χ1) is 13.3. The highest BCUT2D eigenvalue weighted by atomic mass is 16.5. The smallest absolute Gasteiger partial charge is 0.137 e. The van der Waals surface area contributed by atoms with Crippen LogP contribution in [0.3, 0.4) is 0 Å². The summed E-state index contributed by atoms with van der Waals surface area (Å²) in [5.41, 5.74) is 3.58. The normalized spacial score (nSPS) is 10.9. The van der Waals surface area contributed by atoms with Crippen LogP contribution in [-0.4, -0.2) is 25.3 Å². The molecular weight excluding hydrogens is 334 g/mol. The average Bonchev–Trinajstić information content (AvgIpc) is 2.71. The van der Waals surface area contributed by atoms with Gasteiger partial charge in [-0.25, -0.2) is 0 Å². The van der Waals surface area contributed by atoms with Crippen molar-refractivity contribution in [3.05, 3.63) is 48.2 Å². The minimum atomic E-state index is 0.751. The second kappa shape index (κ2) is 13.3. The third-order valence-corrected chi connectivity index (χ3v) is 4.82. The van der Waals surface area contributed by atoms with Crippen LogP contribution in [0.15, 0.2) is 42.6 Å². The van der Waals surface area contributed by atoms with E-state index in [-0.39, 0.29) is 0 Å². The first kappa shape index (κ1) is 21.4. The van der Waals surface area contributed by atoms with Gasteiger partial charge in [0.25, 0.3) is 0 Å². The van der Waals surface area contributed by atoms with Crippen LogP contribution >= 0.6 is 0 Å². The van der Waals surface area contributed by atoms with Crippen LogP contribution in [0.5, 0.6) is 5.75 Å². The molecule has 0 saturated carbocycles. The van der Waals surface area contributed by atoms with Crippen molar-refractivity contribution in [2.24, 2.45) is 0 Å². The number of hydrogen-bond acceptors (Lipinski definition) is 3. The Bertz CT molecular complexity index is 607. The molecule has 3 nitrogen and oxygen atoms in total. The van der Waals surface area contributed by atoms with Crippen molar-refractivity contribution in [3.8, 4) is 17.0 Å². The van der Waals surface area contributed by atoms with E-state index in [1.165, 1.54) is 50.5 Å². The number of aryl methyl sites for hydroxylation is 1. The van der Waals surface area contributed by atoms with E-state index < -0.39 is 0 Å². The molecule has 1 aromatic carbocycles. The van der Waals surface area contributed by atoms with Crippen LogP contribution in [0.2, 0.25) is 0 Å². The van der Waals surface area contributed by atoms with E-state index in [0.29, 0.717) is 0 Å². The summed E-state index contributed by atoms with van der Waals surface area (Å²) in [7, 11) is 1.75. The molecule has 0 spiro atoms. The monoisotopic (exact) mass is 369 g/mol. The van der Waals surface area contributed by atoms with Gasteiger partial charge in [0.15, 0.2) is 0 Å². The molecule has 148 valence electrons. The third kappa shape index (κ3) is 8.57. The van der Waals surface area contributed by atoms with Gasteiger partial charge in [-0.15, -0.1) is 0 Å². The molecule has 3 heteroatoms. The largest absolute Gasteiger partial charge is 0.492 e. The summed E-state index contributed by atoms with van der Waals surface area (Å²) in [5, 5.41) is 0. The molecule has 2 aromatic rings. The summed E-state index contributed by atoms with van der Waals surface area (Å²) in [5.74, 6) is 0.850. The standard InChI is InChI=1S/C24H35NO2/c1-3-4-5-8-11-21-12-14-22(15-13-21)24-17-16-23(20-25-24)27-19-10-7-6-9-18-26-2/h12-17,20H,3-11,18-19H2,1-2H3. The molecule has 0 atom stereocenters. The minimum absolute atomic E-state index is 0.751. The molecule has 0 radical (unpaired) electrons. The maximum atomic E-state index is 5.79. The summed E-state index contributed by atoms with van der Waals surface area (Å²) < 4.78 is 10.9. The summed E-state index contributed by atoms with van der Waals surface area (Å²) in [4.78, 5) is 4.56. The lowest BCUT2D eigenvalue weighted by Gasteiger charge is -2.08. The van der Waals surface area contributed by atoms with Crippen LogP contribution in [0.1, 0.15) is 63.9 Å².